The molecule has 2 heterocycles. The molecular formula is C24H27ClN6O2. The van der Waals surface area contributed by atoms with E-state index in [-0.39, 0.29) is 5.91 Å². The minimum Gasteiger partial charge on any atom is -0.383 e. The second-order valence-corrected chi connectivity index (χ2v) is 8.17. The largest absolute Gasteiger partial charge is 0.383 e. The van der Waals surface area contributed by atoms with Gasteiger partial charge < -0.3 is 20.7 Å². The Balaban J connectivity index is 1.50. The molecule has 0 bridgehead atoms. The fraction of sp³-hybridized carbons (Fsp3) is 0.292. The van der Waals surface area contributed by atoms with Crippen molar-refractivity contribution in [1.29, 1.82) is 0 Å². The lowest BCUT2D eigenvalue weighted by atomic mass is 9.99. The maximum Gasteiger partial charge on any atom is 0.253 e. The number of amides is 1. The highest BCUT2D eigenvalue weighted by Gasteiger charge is 2.17. The number of methoxy groups -OCH3 is 1. The fourth-order valence-corrected chi connectivity index (χ4v) is 3.94. The zero-order chi connectivity index (χ0) is 23.2. The van der Waals surface area contributed by atoms with E-state index >= 15 is 0 Å². The third-order valence-corrected chi connectivity index (χ3v) is 5.84. The Morgan fingerprint density at radius 3 is 2.85 bits per heavy atom. The lowest BCUT2D eigenvalue weighted by Crippen LogP contribution is -2.33. The molecule has 172 valence electrons. The molecule has 33 heavy (non-hydrogen) atoms. The van der Waals surface area contributed by atoms with Gasteiger partial charge in [0.25, 0.3) is 5.91 Å². The molecule has 1 aliphatic heterocycles. The molecule has 4 rings (SSSR count). The summed E-state index contributed by atoms with van der Waals surface area (Å²) in [6, 6.07) is 13.5. The Labute approximate surface area is 198 Å². The standard InChI is InChI=1S/C24H27ClN6O2/c1-26-23(32)19-5-3-4-6-21(19)29-22-20(25)14-27-24(30-22)28-18-8-7-17-15-31(11-12-33-2)10-9-16(17)13-18/h3-8,13-14H,9-12,15H2,1-2H3,(H,26,32)(H2,27,28,29,30). The van der Waals surface area contributed by atoms with Crippen LogP contribution in [0.4, 0.5) is 23.1 Å². The summed E-state index contributed by atoms with van der Waals surface area (Å²) in [5.74, 6) is 0.630. The predicted octanol–water partition coefficient (Wildman–Crippen LogP) is 3.98. The van der Waals surface area contributed by atoms with Gasteiger partial charge >= 0.3 is 0 Å². The van der Waals surface area contributed by atoms with Gasteiger partial charge in [-0.05, 0) is 41.8 Å². The van der Waals surface area contributed by atoms with E-state index < -0.39 is 0 Å². The third kappa shape index (κ3) is 5.60. The van der Waals surface area contributed by atoms with E-state index in [4.69, 9.17) is 16.3 Å². The normalized spacial score (nSPS) is 13.3. The molecule has 0 atom stereocenters. The molecule has 1 aromatic heterocycles. The number of halogens is 1. The van der Waals surface area contributed by atoms with Crippen LogP contribution in [0.25, 0.3) is 0 Å². The molecule has 1 aliphatic rings. The van der Waals surface area contributed by atoms with Crippen LogP contribution in [-0.2, 0) is 17.7 Å². The van der Waals surface area contributed by atoms with Crippen LogP contribution >= 0.6 is 11.6 Å². The van der Waals surface area contributed by atoms with Gasteiger partial charge in [0.1, 0.15) is 5.02 Å². The third-order valence-electron chi connectivity index (χ3n) is 5.56. The van der Waals surface area contributed by atoms with Crippen LogP contribution in [0.15, 0.2) is 48.7 Å². The van der Waals surface area contributed by atoms with Gasteiger partial charge in [-0.2, -0.15) is 4.98 Å². The molecule has 8 nitrogen and oxygen atoms in total. The summed E-state index contributed by atoms with van der Waals surface area (Å²) in [6.07, 6.45) is 2.52. The molecule has 0 saturated heterocycles. The van der Waals surface area contributed by atoms with Crippen molar-refractivity contribution >= 4 is 40.6 Å². The molecule has 0 saturated carbocycles. The number of rotatable bonds is 8. The first-order valence-corrected chi connectivity index (χ1v) is 11.2. The van der Waals surface area contributed by atoms with Gasteiger partial charge in [0.2, 0.25) is 5.95 Å². The number of carbonyl (C=O) groups excluding carboxylic acids is 1. The van der Waals surface area contributed by atoms with Gasteiger partial charge in [-0.25, -0.2) is 4.98 Å². The van der Waals surface area contributed by atoms with Crippen LogP contribution in [0.3, 0.4) is 0 Å². The second kappa shape index (κ2) is 10.6. The van der Waals surface area contributed by atoms with Crippen LogP contribution in [0, 0.1) is 0 Å². The second-order valence-electron chi connectivity index (χ2n) is 7.77. The van der Waals surface area contributed by atoms with Gasteiger partial charge in [-0.15, -0.1) is 0 Å². The molecule has 0 spiro atoms. The van der Waals surface area contributed by atoms with Gasteiger partial charge in [-0.3, -0.25) is 9.69 Å². The van der Waals surface area contributed by atoms with E-state index in [2.05, 4.69) is 43.0 Å². The summed E-state index contributed by atoms with van der Waals surface area (Å²) in [4.78, 5) is 23.4. The van der Waals surface area contributed by atoms with E-state index in [1.807, 2.05) is 12.1 Å². The minimum atomic E-state index is -0.198. The Hall–Kier alpha value is -3.20. The molecule has 2 aromatic carbocycles. The van der Waals surface area contributed by atoms with Crippen molar-refractivity contribution < 1.29 is 9.53 Å². The highest BCUT2D eigenvalue weighted by molar-refractivity contribution is 6.33. The lowest BCUT2D eigenvalue weighted by molar-refractivity contribution is 0.0964. The molecule has 0 fully saturated rings. The van der Waals surface area contributed by atoms with Crippen LogP contribution < -0.4 is 16.0 Å². The number of fused-ring (bicyclic) bond motifs is 1. The SMILES string of the molecule is CNC(=O)c1ccccc1Nc1nc(Nc2ccc3c(c2)CCN(CCOC)C3)ncc1Cl. The Morgan fingerprint density at radius 1 is 1.18 bits per heavy atom. The maximum atomic E-state index is 12.2. The highest BCUT2D eigenvalue weighted by Crippen LogP contribution is 2.28. The number of hydrogen-bond acceptors (Lipinski definition) is 7. The van der Waals surface area contributed by atoms with Crippen LogP contribution in [0.2, 0.25) is 5.02 Å². The predicted molar refractivity (Wildman–Crippen MR) is 131 cm³/mol. The summed E-state index contributed by atoms with van der Waals surface area (Å²) >= 11 is 6.33. The Bertz CT molecular complexity index is 1140. The van der Waals surface area contributed by atoms with Gasteiger partial charge in [0.05, 0.1) is 24.1 Å². The van der Waals surface area contributed by atoms with E-state index in [0.717, 1.165) is 38.3 Å². The molecule has 3 aromatic rings. The summed E-state index contributed by atoms with van der Waals surface area (Å²) < 4.78 is 5.20. The first kappa shape index (κ1) is 23.0. The average molecular weight is 467 g/mol. The zero-order valence-electron chi connectivity index (χ0n) is 18.7. The number of aromatic nitrogens is 2. The first-order chi connectivity index (χ1) is 16.1. The van der Waals surface area contributed by atoms with E-state index in [1.54, 1.807) is 32.4 Å². The van der Waals surface area contributed by atoms with Gasteiger partial charge in [-0.1, -0.05) is 29.8 Å². The maximum absolute atomic E-state index is 12.2. The first-order valence-electron chi connectivity index (χ1n) is 10.8. The number of ether oxygens (including phenoxy) is 1. The number of nitrogens with one attached hydrogen (secondary N) is 3. The smallest absolute Gasteiger partial charge is 0.253 e. The van der Waals surface area contributed by atoms with Crippen molar-refractivity contribution in [3.63, 3.8) is 0 Å². The van der Waals surface area contributed by atoms with Crippen LogP contribution in [0.1, 0.15) is 21.5 Å². The van der Waals surface area contributed by atoms with E-state index in [0.29, 0.717) is 28.0 Å². The Kier molecular flexibility index (Phi) is 7.39. The highest BCUT2D eigenvalue weighted by atomic mass is 35.5. The van der Waals surface area contributed by atoms with Crippen molar-refractivity contribution in [1.82, 2.24) is 20.2 Å². The quantitative estimate of drug-likeness (QED) is 0.462. The van der Waals surface area contributed by atoms with Gasteiger partial charge in [0.15, 0.2) is 5.82 Å². The van der Waals surface area contributed by atoms with Crippen molar-refractivity contribution in [2.24, 2.45) is 0 Å². The fourth-order valence-electron chi connectivity index (χ4n) is 3.80. The Morgan fingerprint density at radius 2 is 2.03 bits per heavy atom. The van der Waals surface area contributed by atoms with E-state index in [1.165, 1.54) is 17.3 Å². The topological polar surface area (TPSA) is 91.4 Å². The van der Waals surface area contributed by atoms with Crippen molar-refractivity contribution in [2.75, 3.05) is 44.5 Å². The summed E-state index contributed by atoms with van der Waals surface area (Å²) in [7, 11) is 3.32. The zero-order valence-corrected chi connectivity index (χ0v) is 19.4. The number of nitrogens with zero attached hydrogens (tertiary/aromatic N) is 3. The minimum absolute atomic E-state index is 0.198. The summed E-state index contributed by atoms with van der Waals surface area (Å²) in [5.41, 5.74) is 4.67. The van der Waals surface area contributed by atoms with Crippen LogP contribution in [0.5, 0.6) is 0 Å². The van der Waals surface area contributed by atoms with Gasteiger partial charge in [0, 0.05) is 39.5 Å². The molecular weight excluding hydrogens is 440 g/mol. The molecule has 1 amide bonds. The molecule has 0 aliphatic carbocycles. The monoisotopic (exact) mass is 466 g/mol. The van der Waals surface area contributed by atoms with Crippen molar-refractivity contribution in [3.05, 3.63) is 70.4 Å². The molecule has 9 heteroatoms. The number of hydrogen-bond donors (Lipinski definition) is 3. The van der Waals surface area contributed by atoms with Crippen LogP contribution in [-0.4, -0.2) is 54.6 Å². The van der Waals surface area contributed by atoms with Crippen molar-refractivity contribution in [2.45, 2.75) is 13.0 Å². The molecule has 0 radical (unpaired) electrons. The number of carbonyl (C=O) groups is 1. The number of anilines is 4. The van der Waals surface area contributed by atoms with Crippen molar-refractivity contribution in [3.8, 4) is 0 Å². The number of benzene rings is 2. The summed E-state index contributed by atoms with van der Waals surface area (Å²) in [6.45, 7) is 3.62. The molecule has 3 N–H and O–H groups in total. The number of para-hydroxylation sites is 1. The average Bonchev–Trinajstić information content (AvgIpc) is 2.84. The van der Waals surface area contributed by atoms with E-state index in [9.17, 15) is 4.79 Å². The summed E-state index contributed by atoms with van der Waals surface area (Å²) in [5, 5.41) is 9.41. The lowest BCUT2D eigenvalue weighted by Gasteiger charge is -2.28. The molecule has 0 unspecified atom stereocenters.